The Morgan fingerprint density at radius 1 is 0.794 bits per heavy atom. The highest BCUT2D eigenvalue weighted by Gasteiger charge is 2.17. The van der Waals surface area contributed by atoms with Crippen molar-refractivity contribution in [3.63, 3.8) is 0 Å². The predicted octanol–water partition coefficient (Wildman–Crippen LogP) is 6.61. The first kappa shape index (κ1) is 29.0. The monoisotopic (exact) mass is 514 g/mol. The molecule has 2 unspecified atom stereocenters. The lowest BCUT2D eigenvalue weighted by Gasteiger charge is -2.13. The van der Waals surface area contributed by atoms with Gasteiger partial charge < -0.3 is 4.57 Å². The number of hydrogen-bond acceptors (Lipinski definition) is 3. The first-order chi connectivity index (χ1) is 16.4. The van der Waals surface area contributed by atoms with Gasteiger partial charge in [0.05, 0.1) is 6.33 Å². The molecule has 0 aliphatic heterocycles. The fourth-order valence-corrected chi connectivity index (χ4v) is 4.97. The van der Waals surface area contributed by atoms with Gasteiger partial charge in [0.1, 0.15) is 0 Å². The van der Waals surface area contributed by atoms with E-state index in [9.17, 15) is 9.59 Å². The first-order valence-corrected chi connectivity index (χ1v) is 14.2. The first-order valence-electron chi connectivity index (χ1n) is 13.3. The van der Waals surface area contributed by atoms with E-state index in [4.69, 9.17) is 23.2 Å². The topological polar surface area (TPSA) is 61.8 Å². The fourth-order valence-electron chi connectivity index (χ4n) is 4.46. The van der Waals surface area contributed by atoms with Gasteiger partial charge in [0.15, 0.2) is 11.2 Å². The van der Waals surface area contributed by atoms with Crippen molar-refractivity contribution >= 4 is 34.4 Å². The van der Waals surface area contributed by atoms with Gasteiger partial charge in [0, 0.05) is 30.9 Å². The standard InChI is InChI=1S/C26H44Cl2N4O2/c1-4-6-8-10-12-14-21(27)16-18-31-20-29-24-23(31)25(33)32(26(34)30(24)3)19-17-22(28)15-13-11-9-7-5-2/h20-22H,4-19H2,1-3H3. The van der Waals surface area contributed by atoms with E-state index in [2.05, 4.69) is 18.8 Å². The van der Waals surface area contributed by atoms with Crippen LogP contribution in [-0.4, -0.2) is 29.4 Å². The normalized spacial score (nSPS) is 13.6. The second kappa shape index (κ2) is 15.7. The zero-order valence-corrected chi connectivity index (χ0v) is 22.9. The van der Waals surface area contributed by atoms with Gasteiger partial charge in [-0.2, -0.15) is 0 Å². The molecule has 0 fully saturated rings. The molecule has 2 aromatic heterocycles. The Morgan fingerprint density at radius 3 is 1.88 bits per heavy atom. The number of aromatic nitrogens is 4. The van der Waals surface area contributed by atoms with E-state index in [1.165, 1.54) is 60.5 Å². The summed E-state index contributed by atoms with van der Waals surface area (Å²) in [5.41, 5.74) is 0.278. The summed E-state index contributed by atoms with van der Waals surface area (Å²) in [5, 5.41) is 0.0383. The summed E-state index contributed by atoms with van der Waals surface area (Å²) >= 11 is 13.1. The lowest BCUT2D eigenvalue weighted by Crippen LogP contribution is -2.40. The van der Waals surface area contributed by atoms with Crippen LogP contribution in [0.1, 0.15) is 104 Å². The minimum atomic E-state index is -0.336. The van der Waals surface area contributed by atoms with E-state index >= 15 is 0 Å². The number of nitrogens with zero attached hydrogens (tertiary/aromatic N) is 4. The molecule has 6 nitrogen and oxygen atoms in total. The molecule has 34 heavy (non-hydrogen) atoms. The number of halogens is 2. The van der Waals surface area contributed by atoms with E-state index in [1.807, 2.05) is 4.57 Å². The van der Waals surface area contributed by atoms with Crippen LogP contribution in [-0.2, 0) is 20.1 Å². The molecule has 2 aromatic rings. The van der Waals surface area contributed by atoms with Crippen molar-refractivity contribution in [2.24, 2.45) is 7.05 Å². The molecule has 0 saturated heterocycles. The second-order valence-corrected chi connectivity index (χ2v) is 10.8. The minimum absolute atomic E-state index is 0.0341. The van der Waals surface area contributed by atoms with Crippen molar-refractivity contribution in [3.8, 4) is 0 Å². The predicted molar refractivity (Wildman–Crippen MR) is 145 cm³/mol. The number of unbranched alkanes of at least 4 members (excludes halogenated alkanes) is 8. The van der Waals surface area contributed by atoms with Gasteiger partial charge in [0.2, 0.25) is 0 Å². The highest BCUT2D eigenvalue weighted by Crippen LogP contribution is 2.17. The molecule has 2 rings (SSSR count). The van der Waals surface area contributed by atoms with Gasteiger partial charge in [0.25, 0.3) is 5.56 Å². The maximum absolute atomic E-state index is 13.3. The molecule has 0 saturated carbocycles. The molecule has 0 aliphatic rings. The quantitative estimate of drug-likeness (QED) is 0.166. The SMILES string of the molecule is CCCCCCCC(Cl)CCn1c(=O)c2c(ncn2CCC(Cl)CCCCCCC)n(C)c1=O. The summed E-state index contributed by atoms with van der Waals surface area (Å²) in [4.78, 5) is 30.4. The molecule has 2 heterocycles. The summed E-state index contributed by atoms with van der Waals surface area (Å²) in [5.74, 6) is 0. The van der Waals surface area contributed by atoms with Crippen molar-refractivity contribution in [1.29, 1.82) is 0 Å². The average molecular weight is 516 g/mol. The Bertz CT molecular complexity index is 966. The molecule has 0 aromatic carbocycles. The third-order valence-corrected chi connectivity index (χ3v) is 7.57. The molecule has 2 atom stereocenters. The Balaban J connectivity index is 2.00. The highest BCUT2D eigenvalue weighted by atomic mass is 35.5. The number of imidazole rings is 1. The molecule has 0 spiro atoms. The maximum Gasteiger partial charge on any atom is 0.332 e. The number of rotatable bonds is 18. The largest absolute Gasteiger partial charge is 0.332 e. The van der Waals surface area contributed by atoms with Crippen LogP contribution in [0.25, 0.3) is 11.2 Å². The van der Waals surface area contributed by atoms with E-state index < -0.39 is 0 Å². The van der Waals surface area contributed by atoms with Crippen molar-refractivity contribution in [1.82, 2.24) is 18.7 Å². The highest BCUT2D eigenvalue weighted by molar-refractivity contribution is 6.20. The molecule has 8 heteroatoms. The summed E-state index contributed by atoms with van der Waals surface area (Å²) in [7, 11) is 1.67. The van der Waals surface area contributed by atoms with Crippen molar-refractivity contribution in [3.05, 3.63) is 27.2 Å². The van der Waals surface area contributed by atoms with Crippen molar-refractivity contribution in [2.75, 3.05) is 0 Å². The van der Waals surface area contributed by atoms with Gasteiger partial charge in [-0.05, 0) is 25.7 Å². The molecular weight excluding hydrogens is 471 g/mol. The molecule has 0 N–H and O–H groups in total. The molecular formula is C26H44Cl2N4O2. The molecule has 0 amide bonds. The average Bonchev–Trinajstić information content (AvgIpc) is 3.25. The zero-order valence-electron chi connectivity index (χ0n) is 21.4. The molecule has 0 bridgehead atoms. The summed E-state index contributed by atoms with van der Waals surface area (Å²) in [6.07, 6.45) is 17.1. The smallest absolute Gasteiger partial charge is 0.325 e. The number of alkyl halides is 2. The minimum Gasteiger partial charge on any atom is -0.325 e. The van der Waals surface area contributed by atoms with Crippen LogP contribution in [0.3, 0.4) is 0 Å². The van der Waals surface area contributed by atoms with Crippen LogP contribution in [0.4, 0.5) is 0 Å². The van der Waals surface area contributed by atoms with E-state index in [0.717, 1.165) is 32.1 Å². The Morgan fingerprint density at radius 2 is 1.32 bits per heavy atom. The molecule has 194 valence electrons. The number of fused-ring (bicyclic) bond motifs is 1. The third-order valence-electron chi connectivity index (χ3n) is 6.69. The van der Waals surface area contributed by atoms with E-state index in [1.54, 1.807) is 13.4 Å². The van der Waals surface area contributed by atoms with Crippen molar-refractivity contribution in [2.45, 2.75) is 128 Å². The third kappa shape index (κ3) is 8.75. The van der Waals surface area contributed by atoms with E-state index in [-0.39, 0.29) is 22.0 Å². The summed E-state index contributed by atoms with van der Waals surface area (Å²) in [6, 6.07) is 0. The fraction of sp³-hybridized carbons (Fsp3) is 0.808. The van der Waals surface area contributed by atoms with Gasteiger partial charge in [-0.25, -0.2) is 9.78 Å². The van der Waals surface area contributed by atoms with Gasteiger partial charge in [-0.3, -0.25) is 13.9 Å². The number of aryl methyl sites for hydroxylation is 2. The van der Waals surface area contributed by atoms with Crippen LogP contribution in [0.15, 0.2) is 15.9 Å². The zero-order chi connectivity index (χ0) is 24.9. The number of hydrogen-bond donors (Lipinski definition) is 0. The van der Waals surface area contributed by atoms with Gasteiger partial charge >= 0.3 is 5.69 Å². The van der Waals surface area contributed by atoms with E-state index in [0.29, 0.717) is 30.7 Å². The Kier molecular flexibility index (Phi) is 13.3. The summed E-state index contributed by atoms with van der Waals surface area (Å²) < 4.78 is 4.64. The van der Waals surface area contributed by atoms with Crippen LogP contribution >= 0.6 is 23.2 Å². The summed E-state index contributed by atoms with van der Waals surface area (Å²) in [6.45, 7) is 5.36. The second-order valence-electron chi connectivity index (χ2n) is 9.59. The Hall–Kier alpha value is -1.27. The van der Waals surface area contributed by atoms with Gasteiger partial charge in [-0.1, -0.05) is 78.1 Å². The molecule has 0 aliphatic carbocycles. The maximum atomic E-state index is 13.3. The Labute approximate surface area is 214 Å². The van der Waals surface area contributed by atoms with Crippen LogP contribution in [0.2, 0.25) is 0 Å². The van der Waals surface area contributed by atoms with Crippen molar-refractivity contribution < 1.29 is 0 Å². The van der Waals surface area contributed by atoms with Crippen LogP contribution < -0.4 is 11.2 Å². The lowest BCUT2D eigenvalue weighted by atomic mass is 10.1. The van der Waals surface area contributed by atoms with Crippen LogP contribution in [0, 0.1) is 0 Å². The van der Waals surface area contributed by atoms with Crippen LogP contribution in [0.5, 0.6) is 0 Å². The molecule has 0 radical (unpaired) electrons. The lowest BCUT2D eigenvalue weighted by molar-refractivity contribution is 0.522. The van der Waals surface area contributed by atoms with Gasteiger partial charge in [-0.15, -0.1) is 23.2 Å².